The molecule has 1 heterocycles. The van der Waals surface area contributed by atoms with Crippen LogP contribution in [0.5, 0.6) is 5.75 Å². The Morgan fingerprint density at radius 2 is 1.86 bits per heavy atom. The first-order chi connectivity index (χ1) is 10.5. The fourth-order valence-corrected chi connectivity index (χ4v) is 2.98. The lowest BCUT2D eigenvalue weighted by atomic mass is 9.88. The highest BCUT2D eigenvalue weighted by Gasteiger charge is 2.46. The molecule has 1 amide bonds. The molecule has 0 spiro atoms. The largest absolute Gasteiger partial charge is 0.495 e. The minimum absolute atomic E-state index is 0.105. The predicted octanol–water partition coefficient (Wildman–Crippen LogP) is 3.07. The monoisotopic (exact) mass is 316 g/mol. The molecule has 114 valence electrons. The summed E-state index contributed by atoms with van der Waals surface area (Å²) in [6, 6.07) is 12.6. The van der Waals surface area contributed by atoms with Crippen LogP contribution in [0, 0.1) is 6.92 Å². The zero-order chi connectivity index (χ0) is 15.9. The molecular weight excluding hydrogens is 300 g/mol. The van der Waals surface area contributed by atoms with Gasteiger partial charge in [-0.1, -0.05) is 41.4 Å². The fourth-order valence-electron chi connectivity index (χ4n) is 2.72. The summed E-state index contributed by atoms with van der Waals surface area (Å²) in [5.74, 6) is 0.474. The molecule has 22 heavy (non-hydrogen) atoms. The molecule has 1 aliphatic heterocycles. The topological polar surface area (TPSA) is 55.6 Å². The number of aryl methyl sites for hydroxylation is 1. The Labute approximate surface area is 134 Å². The van der Waals surface area contributed by atoms with Gasteiger partial charge in [0.25, 0.3) is 0 Å². The van der Waals surface area contributed by atoms with Crippen LogP contribution in [-0.2, 0) is 4.79 Å². The summed E-state index contributed by atoms with van der Waals surface area (Å²) in [7, 11) is 1.56. The van der Waals surface area contributed by atoms with Crippen LogP contribution in [0.2, 0.25) is 5.02 Å². The summed E-state index contributed by atoms with van der Waals surface area (Å²) in [5, 5.41) is 0.468. The van der Waals surface area contributed by atoms with Gasteiger partial charge in [-0.3, -0.25) is 4.79 Å². The van der Waals surface area contributed by atoms with Gasteiger partial charge in [-0.15, -0.1) is 0 Å². The highest BCUT2D eigenvalue weighted by atomic mass is 35.5. The number of ether oxygens (including phenoxy) is 1. The molecule has 2 aromatic rings. The maximum Gasteiger partial charge on any atom is 0.247 e. The molecule has 4 nitrogen and oxygen atoms in total. The van der Waals surface area contributed by atoms with E-state index in [-0.39, 0.29) is 11.9 Å². The van der Waals surface area contributed by atoms with Gasteiger partial charge >= 0.3 is 0 Å². The molecule has 0 aliphatic carbocycles. The first kappa shape index (κ1) is 14.9. The first-order valence-corrected chi connectivity index (χ1v) is 7.39. The lowest BCUT2D eigenvalue weighted by Crippen LogP contribution is -2.63. The van der Waals surface area contributed by atoms with Crippen LogP contribution in [0.1, 0.15) is 17.2 Å². The Bertz CT molecular complexity index is 715. The standard InChI is InChI=1S/C17H17ClN2O2/c1-10-3-5-11(6-4-10)16-15(19)17(21)20(16)12-7-8-14(22-2)13(18)9-12/h3-9,15-16H,19H2,1-2H3. The third-order valence-corrected chi connectivity index (χ3v) is 4.27. The smallest absolute Gasteiger partial charge is 0.247 e. The van der Waals surface area contributed by atoms with Crippen LogP contribution in [0.4, 0.5) is 5.69 Å². The van der Waals surface area contributed by atoms with Crippen molar-refractivity contribution in [1.29, 1.82) is 0 Å². The molecule has 1 aliphatic rings. The van der Waals surface area contributed by atoms with Gasteiger partial charge in [-0.05, 0) is 30.7 Å². The normalized spacial score (nSPS) is 20.7. The van der Waals surface area contributed by atoms with Gasteiger partial charge in [0, 0.05) is 5.69 Å². The second-order valence-corrected chi connectivity index (χ2v) is 5.82. The number of hydrogen-bond acceptors (Lipinski definition) is 3. The van der Waals surface area contributed by atoms with E-state index in [2.05, 4.69) is 0 Å². The lowest BCUT2D eigenvalue weighted by Gasteiger charge is -2.45. The van der Waals surface area contributed by atoms with Crippen molar-refractivity contribution >= 4 is 23.2 Å². The van der Waals surface area contributed by atoms with Crippen LogP contribution in [0.15, 0.2) is 42.5 Å². The van der Waals surface area contributed by atoms with Gasteiger partial charge in [0.1, 0.15) is 11.8 Å². The summed E-state index contributed by atoms with van der Waals surface area (Å²) in [4.78, 5) is 13.9. The average molecular weight is 317 g/mol. The second-order valence-electron chi connectivity index (χ2n) is 5.41. The average Bonchev–Trinajstić information content (AvgIpc) is 2.52. The number of hydrogen-bond donors (Lipinski definition) is 1. The third kappa shape index (κ3) is 2.34. The van der Waals surface area contributed by atoms with Crippen LogP contribution < -0.4 is 15.4 Å². The van der Waals surface area contributed by atoms with Gasteiger partial charge in [-0.2, -0.15) is 0 Å². The van der Waals surface area contributed by atoms with E-state index in [9.17, 15) is 4.79 Å². The number of nitrogens with two attached hydrogens (primary N) is 1. The number of methoxy groups -OCH3 is 1. The summed E-state index contributed by atoms with van der Waals surface area (Å²) in [6.45, 7) is 2.02. The van der Waals surface area contributed by atoms with E-state index >= 15 is 0 Å². The summed E-state index contributed by atoms with van der Waals surface area (Å²) >= 11 is 6.16. The highest BCUT2D eigenvalue weighted by molar-refractivity contribution is 6.32. The maximum atomic E-state index is 12.2. The fraction of sp³-hybridized carbons (Fsp3) is 0.235. The molecule has 3 rings (SSSR count). The molecule has 2 atom stereocenters. The van der Waals surface area contributed by atoms with Crippen molar-refractivity contribution < 1.29 is 9.53 Å². The minimum Gasteiger partial charge on any atom is -0.495 e. The maximum absolute atomic E-state index is 12.2. The van der Waals surface area contributed by atoms with Gasteiger partial charge in [0.2, 0.25) is 5.91 Å². The molecule has 0 aromatic heterocycles. The van der Waals surface area contributed by atoms with Crippen molar-refractivity contribution in [3.05, 3.63) is 58.6 Å². The van der Waals surface area contributed by atoms with E-state index in [1.165, 1.54) is 5.56 Å². The van der Waals surface area contributed by atoms with Gasteiger partial charge in [0.15, 0.2) is 0 Å². The van der Waals surface area contributed by atoms with Crippen LogP contribution >= 0.6 is 11.6 Å². The summed E-state index contributed by atoms with van der Waals surface area (Å²) < 4.78 is 5.14. The number of halogens is 1. The van der Waals surface area contributed by atoms with Crippen LogP contribution in [-0.4, -0.2) is 19.1 Å². The van der Waals surface area contributed by atoms with E-state index < -0.39 is 6.04 Å². The van der Waals surface area contributed by atoms with Crippen molar-refractivity contribution in [2.45, 2.75) is 19.0 Å². The number of β-lactam (4-membered cyclic amide) rings is 1. The number of benzene rings is 2. The predicted molar refractivity (Wildman–Crippen MR) is 87.4 cm³/mol. The zero-order valence-electron chi connectivity index (χ0n) is 12.4. The van der Waals surface area contributed by atoms with Crippen LogP contribution in [0.25, 0.3) is 0 Å². The summed E-state index contributed by atoms with van der Waals surface area (Å²) in [6.07, 6.45) is 0. The van der Waals surface area contributed by atoms with Crippen molar-refractivity contribution in [3.8, 4) is 5.75 Å². The number of carbonyl (C=O) groups excluding carboxylic acids is 1. The van der Waals surface area contributed by atoms with Crippen molar-refractivity contribution in [2.75, 3.05) is 12.0 Å². The molecule has 1 saturated heterocycles. The SMILES string of the molecule is COc1ccc(N2C(=O)C(N)C2c2ccc(C)cc2)cc1Cl. The zero-order valence-corrected chi connectivity index (χ0v) is 13.2. The van der Waals surface area contributed by atoms with Crippen molar-refractivity contribution in [2.24, 2.45) is 5.73 Å². The lowest BCUT2D eigenvalue weighted by molar-refractivity contribution is -0.126. The number of anilines is 1. The number of nitrogens with zero attached hydrogens (tertiary/aromatic N) is 1. The van der Waals surface area contributed by atoms with E-state index in [0.717, 1.165) is 11.3 Å². The Morgan fingerprint density at radius 1 is 1.18 bits per heavy atom. The second kappa shape index (κ2) is 5.63. The molecule has 0 bridgehead atoms. The molecule has 0 radical (unpaired) electrons. The Kier molecular flexibility index (Phi) is 3.81. The number of carbonyl (C=O) groups is 1. The number of rotatable bonds is 3. The number of amides is 1. The Balaban J connectivity index is 1.96. The quantitative estimate of drug-likeness (QED) is 0.885. The Morgan fingerprint density at radius 3 is 2.45 bits per heavy atom. The molecule has 1 fully saturated rings. The minimum atomic E-state index is -0.524. The third-order valence-electron chi connectivity index (χ3n) is 3.97. The molecule has 2 N–H and O–H groups in total. The first-order valence-electron chi connectivity index (χ1n) is 7.01. The molecule has 5 heteroatoms. The van der Waals surface area contributed by atoms with Crippen LogP contribution in [0.3, 0.4) is 0 Å². The molecule has 2 aromatic carbocycles. The van der Waals surface area contributed by atoms with Gasteiger partial charge < -0.3 is 15.4 Å². The highest BCUT2D eigenvalue weighted by Crippen LogP contribution is 2.40. The summed E-state index contributed by atoms with van der Waals surface area (Å²) in [5.41, 5.74) is 8.92. The van der Waals surface area contributed by atoms with E-state index in [0.29, 0.717) is 10.8 Å². The van der Waals surface area contributed by atoms with Gasteiger partial charge in [0.05, 0.1) is 18.2 Å². The van der Waals surface area contributed by atoms with E-state index in [1.54, 1.807) is 24.1 Å². The molecule has 0 saturated carbocycles. The molecule has 2 unspecified atom stereocenters. The van der Waals surface area contributed by atoms with Crippen molar-refractivity contribution in [3.63, 3.8) is 0 Å². The molecular formula is C17H17ClN2O2. The van der Waals surface area contributed by atoms with Crippen molar-refractivity contribution in [1.82, 2.24) is 0 Å². The van der Waals surface area contributed by atoms with Gasteiger partial charge in [-0.25, -0.2) is 0 Å². The van der Waals surface area contributed by atoms with E-state index in [4.69, 9.17) is 22.1 Å². The van der Waals surface area contributed by atoms with E-state index in [1.807, 2.05) is 37.3 Å². The Hall–Kier alpha value is -2.04.